The average molecular weight is 370 g/mol. The number of benzene rings is 1. The van der Waals surface area contributed by atoms with Crippen molar-refractivity contribution in [1.82, 2.24) is 10.3 Å². The van der Waals surface area contributed by atoms with Crippen LogP contribution in [0.2, 0.25) is 5.02 Å². The Hall–Kier alpha value is -1.10. The van der Waals surface area contributed by atoms with E-state index in [1.54, 1.807) is 6.20 Å². The summed E-state index contributed by atoms with van der Waals surface area (Å²) in [4.78, 5) is 4.29. The van der Waals surface area contributed by atoms with Crippen molar-refractivity contribution in [2.75, 3.05) is 0 Å². The Balaban J connectivity index is 1.99. The molecule has 5 heteroatoms. The molecule has 2 aromatic rings. The van der Waals surface area contributed by atoms with E-state index in [1.807, 2.05) is 30.3 Å². The van der Waals surface area contributed by atoms with Crippen molar-refractivity contribution >= 4 is 27.5 Å². The van der Waals surface area contributed by atoms with Gasteiger partial charge in [-0.1, -0.05) is 59.6 Å². The lowest BCUT2D eigenvalue weighted by molar-refractivity contribution is 0.293. The minimum atomic E-state index is 0.426. The first-order chi connectivity index (χ1) is 10.1. The van der Waals surface area contributed by atoms with Gasteiger partial charge in [-0.15, -0.1) is 0 Å². The molecule has 0 unspecified atom stereocenters. The van der Waals surface area contributed by atoms with Gasteiger partial charge in [0.2, 0.25) is 5.88 Å². The van der Waals surface area contributed by atoms with Gasteiger partial charge in [0.1, 0.15) is 11.6 Å². The lowest BCUT2D eigenvalue weighted by Gasteiger charge is -2.11. The molecule has 2 rings (SSSR count). The lowest BCUT2D eigenvalue weighted by atomic mass is 10.2. The van der Waals surface area contributed by atoms with Crippen molar-refractivity contribution in [3.63, 3.8) is 0 Å². The third kappa shape index (κ3) is 4.99. The highest BCUT2D eigenvalue weighted by Crippen LogP contribution is 2.24. The molecule has 21 heavy (non-hydrogen) atoms. The van der Waals surface area contributed by atoms with Crippen LogP contribution in [0.1, 0.15) is 25.0 Å². The molecule has 0 saturated heterocycles. The second-order valence-electron chi connectivity index (χ2n) is 5.05. The molecule has 0 amide bonds. The average Bonchev–Trinajstić information content (AvgIpc) is 2.45. The predicted molar refractivity (Wildman–Crippen MR) is 89.7 cm³/mol. The zero-order valence-electron chi connectivity index (χ0n) is 12.1. The van der Waals surface area contributed by atoms with Crippen LogP contribution in [0, 0.1) is 0 Å². The van der Waals surface area contributed by atoms with E-state index in [-0.39, 0.29) is 0 Å². The summed E-state index contributed by atoms with van der Waals surface area (Å²) >= 11 is 9.72. The highest BCUT2D eigenvalue weighted by atomic mass is 79.9. The van der Waals surface area contributed by atoms with E-state index < -0.39 is 0 Å². The van der Waals surface area contributed by atoms with Gasteiger partial charge in [-0.3, -0.25) is 0 Å². The number of hydrogen-bond acceptors (Lipinski definition) is 3. The van der Waals surface area contributed by atoms with E-state index in [0.29, 0.717) is 23.6 Å². The number of pyridine rings is 1. The molecule has 1 aromatic carbocycles. The number of hydrogen-bond donors (Lipinski definition) is 1. The normalized spacial score (nSPS) is 10.9. The van der Waals surface area contributed by atoms with Gasteiger partial charge >= 0.3 is 0 Å². The van der Waals surface area contributed by atoms with Crippen LogP contribution in [-0.2, 0) is 13.2 Å². The van der Waals surface area contributed by atoms with Gasteiger partial charge in [0, 0.05) is 28.8 Å². The molecule has 1 N–H and O–H groups in total. The van der Waals surface area contributed by atoms with Crippen molar-refractivity contribution in [2.24, 2.45) is 0 Å². The Labute approximate surface area is 138 Å². The van der Waals surface area contributed by atoms with Gasteiger partial charge in [-0.25, -0.2) is 4.98 Å². The monoisotopic (exact) mass is 368 g/mol. The predicted octanol–water partition coefficient (Wildman–Crippen LogP) is 4.57. The Bertz CT molecular complexity index is 605. The van der Waals surface area contributed by atoms with Gasteiger partial charge in [0.15, 0.2) is 0 Å². The van der Waals surface area contributed by atoms with Gasteiger partial charge in [0.25, 0.3) is 0 Å². The molecule has 0 aliphatic heterocycles. The summed E-state index contributed by atoms with van der Waals surface area (Å²) in [6.07, 6.45) is 1.79. The Morgan fingerprint density at radius 1 is 1.33 bits per heavy atom. The van der Waals surface area contributed by atoms with Gasteiger partial charge in [-0.05, 0) is 17.7 Å². The fourth-order valence-corrected chi connectivity index (χ4v) is 2.39. The third-order valence-corrected chi connectivity index (χ3v) is 3.95. The molecule has 1 heterocycles. The molecular weight excluding hydrogens is 352 g/mol. The van der Waals surface area contributed by atoms with Gasteiger partial charge in [0.05, 0.1) is 0 Å². The van der Waals surface area contributed by atoms with Crippen molar-refractivity contribution in [3.8, 4) is 5.88 Å². The highest BCUT2D eigenvalue weighted by molar-refractivity contribution is 9.10. The van der Waals surface area contributed by atoms with Crippen molar-refractivity contribution in [1.29, 1.82) is 0 Å². The summed E-state index contributed by atoms with van der Waals surface area (Å²) in [6, 6.07) is 10.2. The van der Waals surface area contributed by atoms with Crippen LogP contribution in [-0.4, -0.2) is 11.0 Å². The zero-order chi connectivity index (χ0) is 15.2. The first-order valence-corrected chi connectivity index (χ1v) is 7.97. The molecule has 0 fully saturated rings. The number of nitrogens with zero attached hydrogens (tertiary/aromatic N) is 1. The van der Waals surface area contributed by atoms with Gasteiger partial charge in [-0.2, -0.15) is 0 Å². The van der Waals surface area contributed by atoms with Gasteiger partial charge < -0.3 is 10.1 Å². The summed E-state index contributed by atoms with van der Waals surface area (Å²) in [6.45, 7) is 5.38. The Kier molecular flexibility index (Phi) is 6.03. The fraction of sp³-hybridized carbons (Fsp3) is 0.312. The number of nitrogens with one attached hydrogen (secondary N) is 1. The topological polar surface area (TPSA) is 34.2 Å². The van der Waals surface area contributed by atoms with E-state index in [0.717, 1.165) is 22.1 Å². The Morgan fingerprint density at radius 3 is 2.76 bits per heavy atom. The SMILES string of the molecule is CC(C)NCc1cnc(OCc2ccccc2Br)c(Cl)c1. The second-order valence-corrected chi connectivity index (χ2v) is 6.31. The smallest absolute Gasteiger partial charge is 0.232 e. The Morgan fingerprint density at radius 2 is 2.10 bits per heavy atom. The molecule has 0 radical (unpaired) electrons. The zero-order valence-corrected chi connectivity index (χ0v) is 14.4. The quantitative estimate of drug-likeness (QED) is 0.809. The van der Waals surface area contributed by atoms with Crippen LogP contribution in [0.25, 0.3) is 0 Å². The van der Waals surface area contributed by atoms with E-state index in [1.165, 1.54) is 0 Å². The molecular formula is C16H18BrClN2O. The molecule has 1 aromatic heterocycles. The number of aromatic nitrogens is 1. The van der Waals surface area contributed by atoms with Crippen LogP contribution in [0.15, 0.2) is 41.0 Å². The van der Waals surface area contributed by atoms with E-state index >= 15 is 0 Å². The van der Waals surface area contributed by atoms with Crippen LogP contribution < -0.4 is 10.1 Å². The molecule has 0 aliphatic carbocycles. The molecule has 0 aliphatic rings. The fourth-order valence-electron chi connectivity index (χ4n) is 1.75. The maximum atomic E-state index is 6.22. The summed E-state index contributed by atoms with van der Waals surface area (Å²) in [7, 11) is 0. The molecule has 0 bridgehead atoms. The first kappa shape index (κ1) is 16.3. The van der Waals surface area contributed by atoms with E-state index in [4.69, 9.17) is 16.3 Å². The summed E-state index contributed by atoms with van der Waals surface area (Å²) in [5.74, 6) is 0.459. The highest BCUT2D eigenvalue weighted by Gasteiger charge is 2.07. The van der Waals surface area contributed by atoms with Crippen LogP contribution in [0.3, 0.4) is 0 Å². The van der Waals surface area contributed by atoms with Crippen molar-refractivity contribution < 1.29 is 4.74 Å². The van der Waals surface area contributed by atoms with Crippen molar-refractivity contribution in [2.45, 2.75) is 33.0 Å². The maximum Gasteiger partial charge on any atom is 0.232 e. The molecule has 0 atom stereocenters. The largest absolute Gasteiger partial charge is 0.472 e. The number of rotatable bonds is 6. The third-order valence-electron chi connectivity index (χ3n) is 2.90. The second kappa shape index (κ2) is 7.78. The number of ether oxygens (including phenoxy) is 1. The maximum absolute atomic E-state index is 6.22. The molecule has 0 saturated carbocycles. The minimum absolute atomic E-state index is 0.426. The molecule has 0 spiro atoms. The van der Waals surface area contributed by atoms with Crippen LogP contribution in [0.5, 0.6) is 5.88 Å². The van der Waals surface area contributed by atoms with E-state index in [9.17, 15) is 0 Å². The molecule has 3 nitrogen and oxygen atoms in total. The number of halogens is 2. The minimum Gasteiger partial charge on any atom is -0.472 e. The van der Waals surface area contributed by atoms with Crippen molar-refractivity contribution in [3.05, 3.63) is 57.2 Å². The summed E-state index contributed by atoms with van der Waals surface area (Å²) in [5, 5.41) is 3.86. The first-order valence-electron chi connectivity index (χ1n) is 6.80. The van der Waals surface area contributed by atoms with Crippen LogP contribution >= 0.6 is 27.5 Å². The van der Waals surface area contributed by atoms with E-state index in [2.05, 4.69) is 40.1 Å². The summed E-state index contributed by atoms with van der Waals surface area (Å²) in [5.41, 5.74) is 2.10. The lowest BCUT2D eigenvalue weighted by Crippen LogP contribution is -2.21. The molecule has 112 valence electrons. The standard InChI is InChI=1S/C16H18BrClN2O/c1-11(2)19-8-12-7-15(18)16(20-9-12)21-10-13-5-3-4-6-14(13)17/h3-7,9,11,19H,8,10H2,1-2H3. The van der Waals surface area contributed by atoms with Crippen LogP contribution in [0.4, 0.5) is 0 Å². The summed E-state index contributed by atoms with van der Waals surface area (Å²) < 4.78 is 6.70.